The van der Waals surface area contributed by atoms with Gasteiger partial charge in [0.15, 0.2) is 0 Å². The van der Waals surface area contributed by atoms with Crippen molar-refractivity contribution < 1.29 is 17.6 Å². The highest BCUT2D eigenvalue weighted by Gasteiger charge is 2.20. The third-order valence-corrected chi connectivity index (χ3v) is 3.79. The summed E-state index contributed by atoms with van der Waals surface area (Å²) in [5.74, 6) is -1.20. The second kappa shape index (κ2) is 5.66. The monoisotopic (exact) mass is 288 g/mol. The van der Waals surface area contributed by atoms with Crippen LogP contribution in [0.25, 0.3) is 0 Å². The van der Waals surface area contributed by atoms with E-state index in [1.54, 1.807) is 7.05 Å². The number of benzene rings is 1. The summed E-state index contributed by atoms with van der Waals surface area (Å²) in [6.45, 7) is 3.70. The van der Waals surface area contributed by atoms with Gasteiger partial charge in [0.2, 0.25) is 10.0 Å². The molecule has 0 aromatic heterocycles. The van der Waals surface area contributed by atoms with Crippen molar-refractivity contribution in [1.29, 1.82) is 0 Å². The Kier molecular flexibility index (Phi) is 4.65. The zero-order valence-corrected chi connectivity index (χ0v) is 11.9. The van der Waals surface area contributed by atoms with Gasteiger partial charge in [-0.2, -0.15) is 0 Å². The zero-order valence-electron chi connectivity index (χ0n) is 11.1. The molecule has 0 aliphatic heterocycles. The maximum Gasteiger partial charge on any atom is 0.253 e. The van der Waals surface area contributed by atoms with E-state index >= 15 is 0 Å². The maximum absolute atomic E-state index is 13.7. The number of nitrogens with two attached hydrogens (primary N) is 1. The van der Waals surface area contributed by atoms with E-state index in [4.69, 9.17) is 5.14 Å². The number of rotatable bonds is 4. The highest BCUT2D eigenvalue weighted by Crippen LogP contribution is 2.20. The molecular weight excluding hydrogens is 271 g/mol. The van der Waals surface area contributed by atoms with Crippen molar-refractivity contribution in [2.45, 2.75) is 25.2 Å². The van der Waals surface area contributed by atoms with Crippen molar-refractivity contribution in [2.75, 3.05) is 13.6 Å². The number of nitrogens with zero attached hydrogens (tertiary/aromatic N) is 1. The Hall–Kier alpha value is -1.47. The van der Waals surface area contributed by atoms with E-state index in [1.165, 1.54) is 11.8 Å². The molecule has 0 spiro atoms. The number of primary sulfonamides is 1. The second-order valence-corrected chi connectivity index (χ2v) is 5.88. The highest BCUT2D eigenvalue weighted by molar-refractivity contribution is 7.89. The van der Waals surface area contributed by atoms with E-state index in [2.05, 4.69) is 0 Å². The summed E-state index contributed by atoms with van der Waals surface area (Å²) in [6, 6.07) is 2.14. The van der Waals surface area contributed by atoms with Gasteiger partial charge in [-0.1, -0.05) is 6.92 Å². The predicted octanol–water partition coefficient (Wildman–Crippen LogP) is 1.26. The standard InChI is InChI=1S/C12H17FN2O3S/c1-4-5-15(3)12(16)9-6-10(13)8(2)11(7-9)19(14,17)18/h6-7H,4-5H2,1-3H3,(H2,14,17,18). The first-order valence-corrected chi connectivity index (χ1v) is 7.31. The summed E-state index contributed by atoms with van der Waals surface area (Å²) in [7, 11) is -2.49. The summed E-state index contributed by atoms with van der Waals surface area (Å²) >= 11 is 0. The largest absolute Gasteiger partial charge is 0.342 e. The van der Waals surface area contributed by atoms with Crippen LogP contribution < -0.4 is 5.14 Å². The molecule has 0 aliphatic rings. The van der Waals surface area contributed by atoms with E-state index in [1.807, 2.05) is 6.92 Å². The average Bonchev–Trinajstić information content (AvgIpc) is 2.30. The number of hydrogen-bond acceptors (Lipinski definition) is 3. The van der Waals surface area contributed by atoms with Crippen LogP contribution in [-0.2, 0) is 10.0 Å². The minimum absolute atomic E-state index is 0.0249. The molecule has 1 aromatic rings. The first-order chi connectivity index (χ1) is 8.68. The van der Waals surface area contributed by atoms with Gasteiger partial charge in [0.25, 0.3) is 5.91 Å². The lowest BCUT2D eigenvalue weighted by atomic mass is 10.1. The Morgan fingerprint density at radius 2 is 2.00 bits per heavy atom. The summed E-state index contributed by atoms with van der Waals surface area (Å²) in [4.78, 5) is 13.0. The Bertz CT molecular complexity index is 599. The molecule has 0 aliphatic carbocycles. The van der Waals surface area contributed by atoms with Crippen LogP contribution in [0.2, 0.25) is 0 Å². The molecule has 0 radical (unpaired) electrons. The van der Waals surface area contributed by atoms with Crippen LogP contribution in [0.5, 0.6) is 0 Å². The summed E-state index contributed by atoms with van der Waals surface area (Å²) in [5, 5.41) is 5.01. The third kappa shape index (κ3) is 3.51. The zero-order chi connectivity index (χ0) is 14.8. The molecule has 0 bridgehead atoms. The smallest absolute Gasteiger partial charge is 0.253 e. The number of amides is 1. The van der Waals surface area contributed by atoms with Crippen LogP contribution in [0.15, 0.2) is 17.0 Å². The fourth-order valence-corrected chi connectivity index (χ4v) is 2.55. The molecule has 0 heterocycles. The molecule has 1 amide bonds. The van der Waals surface area contributed by atoms with Crippen LogP contribution in [0.3, 0.4) is 0 Å². The Labute approximate surface area is 112 Å². The number of hydrogen-bond donors (Lipinski definition) is 1. The first-order valence-electron chi connectivity index (χ1n) is 5.77. The van der Waals surface area contributed by atoms with Gasteiger partial charge in [0.1, 0.15) is 5.82 Å². The van der Waals surface area contributed by atoms with Crippen LogP contribution in [0.4, 0.5) is 4.39 Å². The number of halogens is 1. The van der Waals surface area contributed by atoms with Gasteiger partial charge in [-0.3, -0.25) is 4.79 Å². The molecule has 106 valence electrons. The van der Waals surface area contributed by atoms with Crippen LogP contribution in [-0.4, -0.2) is 32.8 Å². The number of carbonyl (C=O) groups excluding carboxylic acids is 1. The van der Waals surface area contributed by atoms with Gasteiger partial charge < -0.3 is 4.90 Å². The molecule has 0 unspecified atom stereocenters. The predicted molar refractivity (Wildman–Crippen MR) is 69.8 cm³/mol. The van der Waals surface area contributed by atoms with Crippen molar-refractivity contribution in [3.8, 4) is 0 Å². The first kappa shape index (κ1) is 15.6. The van der Waals surface area contributed by atoms with Crippen molar-refractivity contribution in [3.63, 3.8) is 0 Å². The van der Waals surface area contributed by atoms with E-state index in [0.29, 0.717) is 6.54 Å². The van der Waals surface area contributed by atoms with Crippen LogP contribution in [0, 0.1) is 12.7 Å². The quantitative estimate of drug-likeness (QED) is 0.905. The molecular formula is C12H17FN2O3S. The molecule has 0 saturated carbocycles. The summed E-state index contributed by atoms with van der Waals surface area (Å²) in [5.41, 5.74) is -0.111. The average molecular weight is 288 g/mol. The van der Waals surface area contributed by atoms with Gasteiger partial charge in [-0.05, 0) is 25.5 Å². The Morgan fingerprint density at radius 3 is 2.47 bits per heavy atom. The van der Waals surface area contributed by atoms with Gasteiger partial charge in [-0.15, -0.1) is 0 Å². The molecule has 7 heteroatoms. The normalized spacial score (nSPS) is 11.4. The van der Waals surface area contributed by atoms with Crippen molar-refractivity contribution in [3.05, 3.63) is 29.1 Å². The SMILES string of the molecule is CCCN(C)C(=O)c1cc(F)c(C)c(S(N)(=O)=O)c1. The fourth-order valence-electron chi connectivity index (χ4n) is 1.73. The lowest BCUT2D eigenvalue weighted by Crippen LogP contribution is -2.28. The van der Waals surface area contributed by atoms with Crippen LogP contribution in [0.1, 0.15) is 29.3 Å². The van der Waals surface area contributed by atoms with Crippen molar-refractivity contribution in [1.82, 2.24) is 4.90 Å². The Balaban J connectivity index is 3.33. The lowest BCUT2D eigenvalue weighted by molar-refractivity contribution is 0.0794. The van der Waals surface area contributed by atoms with Crippen LogP contribution >= 0.6 is 0 Å². The number of sulfonamides is 1. The summed E-state index contributed by atoms with van der Waals surface area (Å²) in [6.07, 6.45) is 0.749. The maximum atomic E-state index is 13.7. The molecule has 1 rings (SSSR count). The van der Waals surface area contributed by atoms with Gasteiger partial charge >= 0.3 is 0 Å². The molecule has 2 N–H and O–H groups in total. The molecule has 0 saturated heterocycles. The molecule has 0 atom stereocenters. The lowest BCUT2D eigenvalue weighted by Gasteiger charge is -2.17. The van der Waals surface area contributed by atoms with E-state index in [0.717, 1.165) is 18.6 Å². The van der Waals surface area contributed by atoms with Crippen molar-refractivity contribution >= 4 is 15.9 Å². The van der Waals surface area contributed by atoms with Crippen molar-refractivity contribution in [2.24, 2.45) is 5.14 Å². The minimum atomic E-state index is -4.06. The summed E-state index contributed by atoms with van der Waals surface area (Å²) < 4.78 is 36.4. The topological polar surface area (TPSA) is 80.5 Å². The second-order valence-electron chi connectivity index (χ2n) is 4.35. The molecule has 1 aromatic carbocycles. The fraction of sp³-hybridized carbons (Fsp3) is 0.417. The molecule has 5 nitrogen and oxygen atoms in total. The molecule has 19 heavy (non-hydrogen) atoms. The highest BCUT2D eigenvalue weighted by atomic mass is 32.2. The van der Waals surface area contributed by atoms with Gasteiger partial charge in [0, 0.05) is 24.7 Å². The number of carbonyl (C=O) groups is 1. The van der Waals surface area contributed by atoms with E-state index in [-0.39, 0.29) is 16.0 Å². The van der Waals surface area contributed by atoms with E-state index in [9.17, 15) is 17.6 Å². The third-order valence-electron chi connectivity index (χ3n) is 2.76. The van der Waals surface area contributed by atoms with E-state index < -0.39 is 21.7 Å². The molecule has 0 fully saturated rings. The van der Waals surface area contributed by atoms with Gasteiger partial charge in [0.05, 0.1) is 4.90 Å². The Morgan fingerprint density at radius 1 is 1.42 bits per heavy atom. The minimum Gasteiger partial charge on any atom is -0.342 e. The van der Waals surface area contributed by atoms with Gasteiger partial charge in [-0.25, -0.2) is 17.9 Å².